The summed E-state index contributed by atoms with van der Waals surface area (Å²) in [6.07, 6.45) is 0.855. The molecule has 0 spiro atoms. The Kier molecular flexibility index (Phi) is 4.10. The highest BCUT2D eigenvalue weighted by atomic mass is 16.5. The van der Waals surface area contributed by atoms with Crippen molar-refractivity contribution in [2.45, 2.75) is 19.4 Å². The molecule has 0 aromatic heterocycles. The minimum absolute atomic E-state index is 0.0893. The van der Waals surface area contributed by atoms with E-state index in [0.29, 0.717) is 22.7 Å². The lowest BCUT2D eigenvalue weighted by Crippen LogP contribution is -2.13. The van der Waals surface area contributed by atoms with Gasteiger partial charge in [-0.15, -0.1) is 0 Å². The molecule has 1 N–H and O–H groups in total. The van der Waals surface area contributed by atoms with E-state index in [1.807, 2.05) is 25.1 Å². The Hall–Kier alpha value is -2.69. The molecule has 1 amide bonds. The number of carbonyl (C=O) groups is 1. The largest absolute Gasteiger partial charge is 0.495 e. The minimum atomic E-state index is -0.213. The Morgan fingerprint density at radius 2 is 1.91 bits per heavy atom. The summed E-state index contributed by atoms with van der Waals surface area (Å²) in [5, 5.41) is 2.87. The lowest BCUT2D eigenvalue weighted by molar-refractivity contribution is 0.102. The van der Waals surface area contributed by atoms with Crippen LogP contribution in [0.5, 0.6) is 17.2 Å². The summed E-state index contributed by atoms with van der Waals surface area (Å²) >= 11 is 0. The fourth-order valence-electron chi connectivity index (χ4n) is 2.72. The van der Waals surface area contributed by atoms with Crippen LogP contribution in [-0.2, 0) is 6.42 Å². The van der Waals surface area contributed by atoms with Crippen molar-refractivity contribution < 1.29 is 19.0 Å². The summed E-state index contributed by atoms with van der Waals surface area (Å²) in [7, 11) is 3.14. The number of benzene rings is 2. The lowest BCUT2D eigenvalue weighted by Gasteiger charge is -2.12. The molecule has 0 unspecified atom stereocenters. The second-order valence-corrected chi connectivity index (χ2v) is 5.45. The highest BCUT2D eigenvalue weighted by Crippen LogP contribution is 2.39. The van der Waals surface area contributed by atoms with Crippen molar-refractivity contribution in [3.8, 4) is 17.2 Å². The fourth-order valence-corrected chi connectivity index (χ4v) is 2.72. The van der Waals surface area contributed by atoms with Gasteiger partial charge in [0.2, 0.25) is 0 Å². The van der Waals surface area contributed by atoms with Gasteiger partial charge in [-0.05, 0) is 31.2 Å². The summed E-state index contributed by atoms with van der Waals surface area (Å²) in [6, 6.07) is 10.8. The molecule has 5 heteroatoms. The number of anilines is 1. The van der Waals surface area contributed by atoms with Crippen molar-refractivity contribution >= 4 is 11.6 Å². The van der Waals surface area contributed by atoms with E-state index in [4.69, 9.17) is 14.2 Å². The number of para-hydroxylation sites is 2. The number of nitrogens with one attached hydrogen (secondary N) is 1. The van der Waals surface area contributed by atoms with Gasteiger partial charge in [0.15, 0.2) is 11.5 Å². The Labute approximate surface area is 135 Å². The fraction of sp³-hybridized carbons (Fsp3) is 0.278. The zero-order chi connectivity index (χ0) is 16.4. The third kappa shape index (κ3) is 2.95. The summed E-state index contributed by atoms with van der Waals surface area (Å²) in [5.41, 5.74) is 2.15. The van der Waals surface area contributed by atoms with E-state index in [-0.39, 0.29) is 12.0 Å². The molecule has 1 aliphatic heterocycles. The topological polar surface area (TPSA) is 56.8 Å². The maximum Gasteiger partial charge on any atom is 0.255 e. The SMILES string of the molecule is COc1ccccc1NC(=O)c1cc2c(c(OC)c1)O[C@@H](C)C2. The van der Waals surface area contributed by atoms with Crippen LogP contribution in [0.3, 0.4) is 0 Å². The van der Waals surface area contributed by atoms with Gasteiger partial charge in [0.25, 0.3) is 5.91 Å². The quantitative estimate of drug-likeness (QED) is 0.941. The van der Waals surface area contributed by atoms with Crippen LogP contribution in [-0.4, -0.2) is 26.2 Å². The first-order valence-electron chi connectivity index (χ1n) is 7.44. The number of hydrogen-bond acceptors (Lipinski definition) is 4. The number of ether oxygens (including phenoxy) is 3. The second kappa shape index (κ2) is 6.20. The van der Waals surface area contributed by atoms with E-state index >= 15 is 0 Å². The van der Waals surface area contributed by atoms with Gasteiger partial charge in [-0.3, -0.25) is 4.79 Å². The van der Waals surface area contributed by atoms with E-state index < -0.39 is 0 Å². The van der Waals surface area contributed by atoms with Crippen LogP contribution in [0.25, 0.3) is 0 Å². The van der Waals surface area contributed by atoms with Gasteiger partial charge in [-0.2, -0.15) is 0 Å². The molecule has 5 nitrogen and oxygen atoms in total. The van der Waals surface area contributed by atoms with Crippen LogP contribution < -0.4 is 19.5 Å². The molecule has 3 rings (SSSR count). The summed E-state index contributed by atoms with van der Waals surface area (Å²) in [4.78, 5) is 12.6. The Morgan fingerprint density at radius 1 is 1.17 bits per heavy atom. The van der Waals surface area contributed by atoms with Crippen molar-refractivity contribution in [1.82, 2.24) is 0 Å². The third-order valence-corrected chi connectivity index (χ3v) is 3.80. The van der Waals surface area contributed by atoms with Crippen LogP contribution in [0.15, 0.2) is 36.4 Å². The highest BCUT2D eigenvalue weighted by Gasteiger charge is 2.25. The van der Waals surface area contributed by atoms with Crippen LogP contribution >= 0.6 is 0 Å². The second-order valence-electron chi connectivity index (χ2n) is 5.45. The Morgan fingerprint density at radius 3 is 2.65 bits per heavy atom. The van der Waals surface area contributed by atoms with Crippen LogP contribution in [0.2, 0.25) is 0 Å². The van der Waals surface area contributed by atoms with Crippen molar-refractivity contribution in [2.24, 2.45) is 0 Å². The molecule has 2 aromatic rings. The molecule has 2 aromatic carbocycles. The smallest absolute Gasteiger partial charge is 0.255 e. The van der Waals surface area contributed by atoms with Gasteiger partial charge >= 0.3 is 0 Å². The predicted molar refractivity (Wildman–Crippen MR) is 87.7 cm³/mol. The Balaban J connectivity index is 1.90. The van der Waals surface area contributed by atoms with Gasteiger partial charge < -0.3 is 19.5 Å². The first-order valence-corrected chi connectivity index (χ1v) is 7.44. The van der Waals surface area contributed by atoms with E-state index in [2.05, 4.69) is 5.32 Å². The van der Waals surface area contributed by atoms with Gasteiger partial charge in [-0.1, -0.05) is 12.1 Å². The molecule has 1 aliphatic rings. The molecular weight excluding hydrogens is 294 g/mol. The molecule has 0 fully saturated rings. The average molecular weight is 313 g/mol. The van der Waals surface area contributed by atoms with Crippen molar-refractivity contribution in [3.05, 3.63) is 47.5 Å². The minimum Gasteiger partial charge on any atom is -0.495 e. The normalized spacial score (nSPS) is 15.5. The summed E-state index contributed by atoms with van der Waals surface area (Å²) in [5.74, 6) is 1.71. The number of carbonyl (C=O) groups excluding carboxylic acids is 1. The monoisotopic (exact) mass is 313 g/mol. The van der Waals surface area contributed by atoms with Gasteiger partial charge in [0.1, 0.15) is 11.9 Å². The van der Waals surface area contributed by atoms with E-state index in [9.17, 15) is 4.79 Å². The maximum atomic E-state index is 12.6. The summed E-state index contributed by atoms with van der Waals surface area (Å²) < 4.78 is 16.4. The molecule has 0 saturated carbocycles. The predicted octanol–water partition coefficient (Wildman–Crippen LogP) is 3.28. The highest BCUT2D eigenvalue weighted by molar-refractivity contribution is 6.05. The van der Waals surface area contributed by atoms with Crippen LogP contribution in [0, 0.1) is 0 Å². The van der Waals surface area contributed by atoms with Gasteiger partial charge in [0, 0.05) is 17.5 Å². The zero-order valence-electron chi connectivity index (χ0n) is 13.4. The van der Waals surface area contributed by atoms with E-state index in [1.165, 1.54) is 0 Å². The maximum absolute atomic E-state index is 12.6. The average Bonchev–Trinajstić information content (AvgIpc) is 2.94. The molecule has 23 heavy (non-hydrogen) atoms. The number of methoxy groups -OCH3 is 2. The molecule has 0 bridgehead atoms. The number of hydrogen-bond donors (Lipinski definition) is 1. The van der Waals surface area contributed by atoms with Gasteiger partial charge in [0.05, 0.1) is 19.9 Å². The van der Waals surface area contributed by atoms with Crippen molar-refractivity contribution in [2.75, 3.05) is 19.5 Å². The first kappa shape index (κ1) is 15.2. The van der Waals surface area contributed by atoms with Crippen molar-refractivity contribution in [3.63, 3.8) is 0 Å². The molecular formula is C18H19NO4. The van der Waals surface area contributed by atoms with Crippen LogP contribution in [0.4, 0.5) is 5.69 Å². The molecule has 0 aliphatic carbocycles. The zero-order valence-corrected chi connectivity index (χ0v) is 13.4. The molecule has 1 atom stereocenters. The summed E-state index contributed by atoms with van der Waals surface area (Å²) in [6.45, 7) is 1.99. The lowest BCUT2D eigenvalue weighted by atomic mass is 10.1. The third-order valence-electron chi connectivity index (χ3n) is 3.80. The first-order chi connectivity index (χ1) is 11.1. The number of rotatable bonds is 4. The van der Waals surface area contributed by atoms with Crippen LogP contribution in [0.1, 0.15) is 22.8 Å². The Bertz CT molecular complexity index is 742. The molecule has 0 radical (unpaired) electrons. The van der Waals surface area contributed by atoms with E-state index in [0.717, 1.165) is 17.7 Å². The van der Waals surface area contributed by atoms with E-state index in [1.54, 1.807) is 32.4 Å². The molecule has 1 heterocycles. The standard InChI is InChI=1S/C18H19NO4/c1-11-8-12-9-13(10-16(22-3)17(12)23-11)18(20)19-14-6-4-5-7-15(14)21-2/h4-7,9-11H,8H2,1-3H3,(H,19,20)/t11-/m0/s1. The number of fused-ring (bicyclic) bond motifs is 1. The molecule has 120 valence electrons. The van der Waals surface area contributed by atoms with Gasteiger partial charge in [-0.25, -0.2) is 0 Å². The number of amides is 1. The molecule has 0 saturated heterocycles. The van der Waals surface area contributed by atoms with Crippen molar-refractivity contribution in [1.29, 1.82) is 0 Å².